The summed E-state index contributed by atoms with van der Waals surface area (Å²) in [5.41, 5.74) is 15.6. The summed E-state index contributed by atoms with van der Waals surface area (Å²) in [5, 5.41) is 2.42. The molecule has 4 heterocycles. The zero-order valence-corrected chi connectivity index (χ0v) is 41.4. The van der Waals surface area contributed by atoms with Crippen LogP contribution >= 0.6 is 11.3 Å². The number of thiophene rings is 1. The van der Waals surface area contributed by atoms with E-state index in [4.69, 9.17) is 9.72 Å². The number of para-hydroxylation sites is 3. The molecule has 5 nitrogen and oxygen atoms in total. The highest BCUT2D eigenvalue weighted by Crippen LogP contribution is 2.51. The maximum Gasteiger partial charge on any atom is 0.137 e. The summed E-state index contributed by atoms with van der Waals surface area (Å²) in [6.45, 7) is 21.0. The van der Waals surface area contributed by atoms with E-state index in [1.165, 1.54) is 70.3 Å². The van der Waals surface area contributed by atoms with Crippen molar-refractivity contribution in [1.82, 2.24) is 9.55 Å². The van der Waals surface area contributed by atoms with Gasteiger partial charge in [0.15, 0.2) is 0 Å². The SMILES string of the molecule is CC(C)(C)c1ccc(-c2cccc(-c3ccc(C(C)(C)C)cc3)c2N2CN(c3cccc(Oc4ccc5c6sc7ccccc7c6n(-c6cc(C(C)(C)C)ccn6)c5c4)c3)c3ccccc32)cc1. The van der Waals surface area contributed by atoms with Crippen LogP contribution in [-0.4, -0.2) is 16.2 Å². The van der Waals surface area contributed by atoms with Crippen LogP contribution in [0.5, 0.6) is 11.5 Å². The molecule has 0 spiro atoms. The third kappa shape index (κ3) is 7.71. The van der Waals surface area contributed by atoms with Gasteiger partial charge in [-0.3, -0.25) is 4.57 Å². The summed E-state index contributed by atoms with van der Waals surface area (Å²) in [5.74, 6) is 2.45. The third-order valence-corrected chi connectivity index (χ3v) is 14.8. The molecule has 11 rings (SSSR count). The van der Waals surface area contributed by atoms with E-state index in [0.29, 0.717) is 6.67 Å². The van der Waals surface area contributed by atoms with Crippen LogP contribution in [0.25, 0.3) is 59.3 Å². The van der Waals surface area contributed by atoms with Gasteiger partial charge in [-0.15, -0.1) is 11.3 Å². The highest BCUT2D eigenvalue weighted by atomic mass is 32.1. The molecular formula is C62H58N4OS. The number of hydrogen-bond acceptors (Lipinski definition) is 5. The van der Waals surface area contributed by atoms with Crippen molar-refractivity contribution in [3.8, 4) is 39.6 Å². The fourth-order valence-corrected chi connectivity index (χ4v) is 11.1. The number of benzene rings is 7. The standard InChI is InChI=1S/C62H58N4OS/c1-60(2,3)42-28-24-40(25-29-42)48-19-15-20-49(41-26-30-43(31-27-41)61(4,5)6)57(48)65-39-64(52-21-11-12-22-53(52)65)45-16-14-17-46(37-45)67-47-32-33-50-54(38-47)66(56-36-44(34-35-63-56)62(7,8)9)58-51-18-10-13-23-55(51)68-59(50)58/h10-38H,39H2,1-9H3. The van der Waals surface area contributed by atoms with Gasteiger partial charge in [-0.25, -0.2) is 4.98 Å². The van der Waals surface area contributed by atoms with E-state index >= 15 is 0 Å². The van der Waals surface area contributed by atoms with Crippen LogP contribution < -0.4 is 14.5 Å². The Kier molecular flexibility index (Phi) is 10.4. The highest BCUT2D eigenvalue weighted by molar-refractivity contribution is 7.26. The van der Waals surface area contributed by atoms with Crippen molar-refractivity contribution >= 4 is 65.3 Å². The number of aromatic nitrogens is 2. The molecule has 0 radical (unpaired) electrons. The number of ether oxygens (including phenoxy) is 1. The Hall–Kier alpha value is -7.15. The molecule has 68 heavy (non-hydrogen) atoms. The number of rotatable bonds is 7. The summed E-state index contributed by atoms with van der Waals surface area (Å²) in [6, 6.07) is 62.0. The Labute approximate surface area is 404 Å². The predicted octanol–water partition coefficient (Wildman–Crippen LogP) is 17.7. The van der Waals surface area contributed by atoms with Gasteiger partial charge in [0.25, 0.3) is 0 Å². The van der Waals surface area contributed by atoms with Crippen LogP contribution in [0.2, 0.25) is 0 Å². The zero-order chi connectivity index (χ0) is 47.1. The number of fused-ring (bicyclic) bond motifs is 6. The van der Waals surface area contributed by atoms with Crippen LogP contribution in [0.4, 0.5) is 22.7 Å². The molecule has 6 heteroatoms. The molecule has 0 bridgehead atoms. The van der Waals surface area contributed by atoms with Gasteiger partial charge in [0.1, 0.15) is 24.0 Å². The Balaban J connectivity index is 0.986. The largest absolute Gasteiger partial charge is 0.457 e. The van der Waals surface area contributed by atoms with E-state index in [1.807, 2.05) is 17.5 Å². The first-order valence-corrected chi connectivity index (χ1v) is 24.6. The quantitative estimate of drug-likeness (QED) is 0.160. The molecule has 0 atom stereocenters. The molecule has 0 fully saturated rings. The lowest BCUT2D eigenvalue weighted by molar-refractivity contribution is 0.483. The van der Waals surface area contributed by atoms with Crippen molar-refractivity contribution < 1.29 is 4.74 Å². The van der Waals surface area contributed by atoms with E-state index in [2.05, 4.69) is 247 Å². The molecule has 1 aliphatic rings. The predicted molar refractivity (Wildman–Crippen MR) is 289 cm³/mol. The first-order chi connectivity index (χ1) is 32.6. The van der Waals surface area contributed by atoms with Crippen molar-refractivity contribution in [1.29, 1.82) is 0 Å². The number of anilines is 4. The molecule has 0 saturated heterocycles. The molecule has 0 amide bonds. The van der Waals surface area contributed by atoms with Crippen molar-refractivity contribution in [2.24, 2.45) is 0 Å². The van der Waals surface area contributed by atoms with E-state index < -0.39 is 0 Å². The van der Waals surface area contributed by atoms with Gasteiger partial charge in [0.05, 0.1) is 32.8 Å². The smallest absolute Gasteiger partial charge is 0.137 e. The first-order valence-electron chi connectivity index (χ1n) is 23.8. The summed E-state index contributed by atoms with van der Waals surface area (Å²) in [7, 11) is 0. The molecule has 1 aliphatic heterocycles. The lowest BCUT2D eigenvalue weighted by Gasteiger charge is -2.28. The molecule has 3 aromatic heterocycles. The van der Waals surface area contributed by atoms with Crippen molar-refractivity contribution in [3.05, 3.63) is 193 Å². The van der Waals surface area contributed by atoms with Crippen LogP contribution in [-0.2, 0) is 16.2 Å². The lowest BCUT2D eigenvalue weighted by atomic mass is 9.85. The average molecular weight is 907 g/mol. The van der Waals surface area contributed by atoms with Gasteiger partial charge >= 0.3 is 0 Å². The van der Waals surface area contributed by atoms with Crippen molar-refractivity contribution in [2.45, 2.75) is 78.6 Å². The molecular weight excluding hydrogens is 849 g/mol. The second-order valence-electron chi connectivity index (χ2n) is 21.4. The topological polar surface area (TPSA) is 33.5 Å². The van der Waals surface area contributed by atoms with Crippen molar-refractivity contribution in [2.75, 3.05) is 16.5 Å². The van der Waals surface area contributed by atoms with E-state index in [1.54, 1.807) is 0 Å². The second-order valence-corrected chi connectivity index (χ2v) is 22.4. The van der Waals surface area contributed by atoms with E-state index in [9.17, 15) is 0 Å². The van der Waals surface area contributed by atoms with Gasteiger partial charge < -0.3 is 14.5 Å². The minimum absolute atomic E-state index is 0.0228. The average Bonchev–Trinajstić information content (AvgIpc) is 4.00. The maximum absolute atomic E-state index is 6.87. The fourth-order valence-electron chi connectivity index (χ4n) is 9.83. The Morgan fingerprint density at radius 3 is 1.74 bits per heavy atom. The minimum atomic E-state index is -0.0228. The second kappa shape index (κ2) is 16.3. The van der Waals surface area contributed by atoms with Crippen LogP contribution in [0.3, 0.4) is 0 Å². The van der Waals surface area contributed by atoms with Crippen LogP contribution in [0.15, 0.2) is 176 Å². The maximum atomic E-state index is 6.87. The van der Waals surface area contributed by atoms with E-state index in [-0.39, 0.29) is 16.2 Å². The van der Waals surface area contributed by atoms with E-state index in [0.717, 1.165) is 39.9 Å². The van der Waals surface area contributed by atoms with Gasteiger partial charge in [-0.05, 0) is 98.7 Å². The van der Waals surface area contributed by atoms with Gasteiger partial charge in [-0.2, -0.15) is 0 Å². The summed E-state index contributed by atoms with van der Waals surface area (Å²) in [4.78, 5) is 9.90. The first kappa shape index (κ1) is 43.4. The highest BCUT2D eigenvalue weighted by Gasteiger charge is 2.32. The summed E-state index contributed by atoms with van der Waals surface area (Å²) in [6.07, 6.45) is 1.94. The molecule has 7 aromatic carbocycles. The van der Waals surface area contributed by atoms with Gasteiger partial charge in [-0.1, -0.05) is 165 Å². The Morgan fingerprint density at radius 2 is 1.09 bits per heavy atom. The van der Waals surface area contributed by atoms with Gasteiger partial charge in [0.2, 0.25) is 0 Å². The Morgan fingerprint density at radius 1 is 0.500 bits per heavy atom. The number of hydrogen-bond donors (Lipinski definition) is 0. The molecule has 0 aliphatic carbocycles. The molecule has 0 N–H and O–H groups in total. The van der Waals surface area contributed by atoms with Crippen molar-refractivity contribution in [3.63, 3.8) is 0 Å². The number of pyridine rings is 1. The summed E-state index contributed by atoms with van der Waals surface area (Å²) >= 11 is 1.84. The lowest BCUT2D eigenvalue weighted by Crippen LogP contribution is -2.25. The molecule has 0 unspecified atom stereocenters. The number of nitrogens with zero attached hydrogens (tertiary/aromatic N) is 4. The minimum Gasteiger partial charge on any atom is -0.457 e. The van der Waals surface area contributed by atoms with Crippen LogP contribution in [0, 0.1) is 0 Å². The van der Waals surface area contributed by atoms with Crippen LogP contribution in [0.1, 0.15) is 79.0 Å². The third-order valence-electron chi connectivity index (χ3n) is 13.6. The molecule has 338 valence electrons. The molecule has 0 saturated carbocycles. The zero-order valence-electron chi connectivity index (χ0n) is 40.6. The fraction of sp³-hybridized carbons (Fsp3) is 0.210. The molecule has 10 aromatic rings. The van der Waals surface area contributed by atoms with Gasteiger partial charge in [0, 0.05) is 50.6 Å². The monoisotopic (exact) mass is 906 g/mol. The normalized spacial score (nSPS) is 13.2. The summed E-state index contributed by atoms with van der Waals surface area (Å²) < 4.78 is 11.7. The Bertz CT molecular complexity index is 3450.